The minimum absolute atomic E-state index is 0.0963. The zero-order chi connectivity index (χ0) is 27.6. The fourth-order valence-electron chi connectivity index (χ4n) is 4.48. The van der Waals surface area contributed by atoms with Crippen LogP contribution in [0.3, 0.4) is 0 Å². The Morgan fingerprint density at radius 1 is 0.949 bits per heavy atom. The molecule has 2 aromatic carbocycles. The monoisotopic (exact) mass is 565 g/mol. The van der Waals surface area contributed by atoms with E-state index in [0.29, 0.717) is 21.5 Å². The van der Waals surface area contributed by atoms with Gasteiger partial charge < -0.3 is 5.11 Å². The molecule has 0 atom stereocenters. The van der Waals surface area contributed by atoms with E-state index in [4.69, 9.17) is 22.4 Å². The van der Waals surface area contributed by atoms with Crippen LogP contribution in [0.25, 0.3) is 23.0 Å². The summed E-state index contributed by atoms with van der Waals surface area (Å²) < 4.78 is 15.9. The van der Waals surface area contributed by atoms with Crippen LogP contribution in [0.5, 0.6) is 0 Å². The van der Waals surface area contributed by atoms with Crippen molar-refractivity contribution >= 4 is 46.3 Å². The van der Waals surface area contributed by atoms with Gasteiger partial charge in [-0.2, -0.15) is 5.10 Å². The minimum atomic E-state index is -0.726. The van der Waals surface area contributed by atoms with Gasteiger partial charge in [0.1, 0.15) is 10.1 Å². The van der Waals surface area contributed by atoms with Gasteiger partial charge in [0, 0.05) is 30.3 Å². The number of thiocarbonyl (C=S) groups is 1. The van der Waals surface area contributed by atoms with Gasteiger partial charge in [-0.3, -0.25) is 14.5 Å². The van der Waals surface area contributed by atoms with Crippen molar-refractivity contribution in [1.29, 1.82) is 0 Å². The minimum Gasteiger partial charge on any atom is -0.481 e. The number of benzene rings is 2. The van der Waals surface area contributed by atoms with Crippen LogP contribution < -0.4 is 0 Å². The van der Waals surface area contributed by atoms with Gasteiger partial charge in [0.2, 0.25) is 0 Å². The summed E-state index contributed by atoms with van der Waals surface area (Å²) in [7, 11) is 0. The Labute approximate surface area is 237 Å². The smallest absolute Gasteiger partial charge is 0.303 e. The second-order valence-corrected chi connectivity index (χ2v) is 11.2. The quantitative estimate of drug-likeness (QED) is 0.124. The van der Waals surface area contributed by atoms with Crippen molar-refractivity contribution < 1.29 is 19.1 Å². The number of hydrogen-bond acceptors (Lipinski definition) is 5. The summed E-state index contributed by atoms with van der Waals surface area (Å²) in [5.41, 5.74) is 3.06. The number of aromatic nitrogens is 2. The Balaban J connectivity index is 1.37. The van der Waals surface area contributed by atoms with Crippen molar-refractivity contribution in [3.8, 4) is 16.9 Å². The molecular weight excluding hydrogens is 533 g/mol. The van der Waals surface area contributed by atoms with Crippen molar-refractivity contribution in [2.75, 3.05) is 6.54 Å². The summed E-state index contributed by atoms with van der Waals surface area (Å²) in [6, 6.07) is 15.9. The molecule has 39 heavy (non-hydrogen) atoms. The molecule has 4 rings (SSSR count). The number of carboxylic acids is 1. The fraction of sp³-hybridized carbons (Fsp3) is 0.333. The van der Waals surface area contributed by atoms with Crippen LogP contribution in [-0.4, -0.2) is 42.5 Å². The van der Waals surface area contributed by atoms with Crippen molar-refractivity contribution in [2.24, 2.45) is 0 Å². The number of aliphatic carboxylic acids is 1. The van der Waals surface area contributed by atoms with E-state index in [1.54, 1.807) is 21.7 Å². The van der Waals surface area contributed by atoms with Crippen LogP contribution in [0.2, 0.25) is 0 Å². The van der Waals surface area contributed by atoms with Gasteiger partial charge in [-0.1, -0.05) is 80.7 Å². The molecule has 0 spiro atoms. The lowest BCUT2D eigenvalue weighted by atomic mass is 10.1. The third-order valence-corrected chi connectivity index (χ3v) is 7.94. The molecule has 1 amide bonds. The summed E-state index contributed by atoms with van der Waals surface area (Å²) in [4.78, 5) is 26.0. The summed E-state index contributed by atoms with van der Waals surface area (Å²) in [5.74, 6) is -1.14. The van der Waals surface area contributed by atoms with Crippen molar-refractivity contribution in [1.82, 2.24) is 14.7 Å². The second kappa shape index (κ2) is 14.2. The van der Waals surface area contributed by atoms with Crippen LogP contribution in [-0.2, 0) is 9.59 Å². The molecule has 1 fully saturated rings. The topological polar surface area (TPSA) is 75.4 Å². The highest BCUT2D eigenvalue weighted by Crippen LogP contribution is 2.35. The van der Waals surface area contributed by atoms with Crippen LogP contribution in [0.15, 0.2) is 65.7 Å². The zero-order valence-corrected chi connectivity index (χ0v) is 23.4. The van der Waals surface area contributed by atoms with E-state index in [2.05, 4.69) is 0 Å². The summed E-state index contributed by atoms with van der Waals surface area (Å²) in [6.07, 6.45) is 11.9. The number of unbranched alkanes of at least 4 members (excludes halogenated alkanes) is 7. The Hall–Kier alpha value is -3.30. The Bertz CT molecular complexity index is 1320. The van der Waals surface area contributed by atoms with Crippen molar-refractivity contribution in [3.63, 3.8) is 0 Å². The third-order valence-electron chi connectivity index (χ3n) is 6.56. The number of hydrogen-bond donors (Lipinski definition) is 1. The number of carboxylic acid groups (broad SMARTS) is 1. The first-order valence-corrected chi connectivity index (χ1v) is 14.5. The van der Waals surface area contributed by atoms with Gasteiger partial charge in [0.25, 0.3) is 5.91 Å². The highest BCUT2D eigenvalue weighted by atomic mass is 32.2. The number of rotatable bonds is 14. The molecule has 6 nitrogen and oxygen atoms in total. The molecule has 3 aromatic rings. The predicted octanol–water partition coefficient (Wildman–Crippen LogP) is 7.48. The number of amides is 1. The lowest BCUT2D eigenvalue weighted by molar-refractivity contribution is -0.137. The van der Waals surface area contributed by atoms with Gasteiger partial charge in [0.05, 0.1) is 16.3 Å². The maximum absolute atomic E-state index is 13.6. The molecule has 0 aliphatic carbocycles. The Morgan fingerprint density at radius 3 is 2.26 bits per heavy atom. The molecule has 1 aromatic heterocycles. The van der Waals surface area contributed by atoms with E-state index in [9.17, 15) is 14.0 Å². The maximum atomic E-state index is 13.6. The van der Waals surface area contributed by atoms with Gasteiger partial charge in [-0.25, -0.2) is 9.07 Å². The standard InChI is InChI=1S/C30H32FN3O3S2/c31-24-17-15-22(16-18-24)28-23(21-34(32-28)25-12-8-7-9-13-25)20-26-29(37)33(30(38)39-26)19-11-6-4-2-1-3-5-10-14-27(35)36/h7-9,12-13,15-18,20-21H,1-6,10-11,14,19H2,(H,35,36)/b26-20-. The highest BCUT2D eigenvalue weighted by Gasteiger charge is 2.32. The van der Waals surface area contributed by atoms with E-state index in [1.165, 1.54) is 23.9 Å². The van der Waals surface area contributed by atoms with Crippen LogP contribution in [0.1, 0.15) is 63.4 Å². The summed E-state index contributed by atoms with van der Waals surface area (Å²) in [5, 5.41) is 13.4. The van der Waals surface area contributed by atoms with Gasteiger partial charge in [0.15, 0.2) is 0 Å². The first-order chi connectivity index (χ1) is 18.9. The first-order valence-electron chi connectivity index (χ1n) is 13.3. The van der Waals surface area contributed by atoms with Gasteiger partial charge >= 0.3 is 5.97 Å². The summed E-state index contributed by atoms with van der Waals surface area (Å²) >= 11 is 6.83. The normalized spacial score (nSPS) is 14.5. The molecule has 0 unspecified atom stereocenters. The van der Waals surface area contributed by atoms with E-state index in [1.807, 2.05) is 42.6 Å². The van der Waals surface area contributed by atoms with E-state index < -0.39 is 5.97 Å². The average molecular weight is 566 g/mol. The second-order valence-electron chi connectivity index (χ2n) is 9.53. The van der Waals surface area contributed by atoms with Crippen molar-refractivity contribution in [3.05, 3.63) is 77.1 Å². The Kier molecular flexibility index (Phi) is 10.4. The lowest BCUT2D eigenvalue weighted by Gasteiger charge is -2.14. The zero-order valence-electron chi connectivity index (χ0n) is 21.7. The number of carbonyl (C=O) groups is 2. The molecule has 0 radical (unpaired) electrons. The number of halogens is 1. The molecule has 1 aliphatic heterocycles. The van der Waals surface area contributed by atoms with Gasteiger partial charge in [-0.15, -0.1) is 0 Å². The molecule has 1 saturated heterocycles. The van der Waals surface area contributed by atoms with Crippen molar-refractivity contribution in [2.45, 2.75) is 57.8 Å². The van der Waals surface area contributed by atoms with E-state index in [-0.39, 0.29) is 18.1 Å². The largest absolute Gasteiger partial charge is 0.481 e. The SMILES string of the molecule is O=C(O)CCCCCCCCCCN1C(=O)/C(=C/c2cn(-c3ccccc3)nc2-c2ccc(F)cc2)SC1=S. The van der Waals surface area contributed by atoms with Gasteiger partial charge in [-0.05, 0) is 55.3 Å². The molecule has 0 saturated carbocycles. The molecule has 204 valence electrons. The molecule has 0 bridgehead atoms. The molecule has 9 heteroatoms. The van der Waals surface area contributed by atoms with E-state index >= 15 is 0 Å². The Morgan fingerprint density at radius 2 is 1.59 bits per heavy atom. The van der Waals surface area contributed by atoms with Crippen LogP contribution >= 0.6 is 24.0 Å². The lowest BCUT2D eigenvalue weighted by Crippen LogP contribution is -2.29. The number of nitrogens with zero attached hydrogens (tertiary/aromatic N) is 3. The van der Waals surface area contributed by atoms with Crippen LogP contribution in [0, 0.1) is 5.82 Å². The van der Waals surface area contributed by atoms with E-state index in [0.717, 1.165) is 68.2 Å². The fourth-order valence-corrected chi connectivity index (χ4v) is 5.78. The maximum Gasteiger partial charge on any atom is 0.303 e. The third kappa shape index (κ3) is 8.10. The van der Waals surface area contributed by atoms with Crippen LogP contribution in [0.4, 0.5) is 4.39 Å². The molecular formula is C30H32FN3O3S2. The number of thioether (sulfide) groups is 1. The number of para-hydroxylation sites is 1. The number of carbonyl (C=O) groups excluding carboxylic acids is 1. The molecule has 1 N–H and O–H groups in total. The molecule has 2 heterocycles. The molecule has 1 aliphatic rings. The predicted molar refractivity (Wildman–Crippen MR) is 158 cm³/mol. The summed E-state index contributed by atoms with van der Waals surface area (Å²) in [6.45, 7) is 0.592. The average Bonchev–Trinajstić information content (AvgIpc) is 3.46. The first kappa shape index (κ1) is 28.7. The highest BCUT2D eigenvalue weighted by molar-refractivity contribution is 8.26.